The minimum atomic E-state index is 0.652. The number of nitrogens with zero attached hydrogens (tertiary/aromatic N) is 2. The molecule has 0 aliphatic heterocycles. The van der Waals surface area contributed by atoms with E-state index in [1.165, 1.54) is 5.56 Å². The SMILES string of the molecule is CCN(CC(C)C)c1nccc(C)c1Br. The summed E-state index contributed by atoms with van der Waals surface area (Å²) in [4.78, 5) is 6.75. The zero-order valence-electron chi connectivity index (χ0n) is 9.92. The first-order chi connectivity index (χ1) is 7.06. The second-order valence-corrected chi connectivity index (χ2v) is 4.99. The van der Waals surface area contributed by atoms with Gasteiger partial charge in [0.05, 0.1) is 4.47 Å². The normalized spacial score (nSPS) is 10.8. The lowest BCUT2D eigenvalue weighted by molar-refractivity contribution is 0.613. The molecule has 0 saturated carbocycles. The van der Waals surface area contributed by atoms with Gasteiger partial charge in [0.1, 0.15) is 5.82 Å². The molecule has 84 valence electrons. The highest BCUT2D eigenvalue weighted by molar-refractivity contribution is 9.10. The van der Waals surface area contributed by atoms with Crippen molar-refractivity contribution in [1.82, 2.24) is 4.98 Å². The maximum Gasteiger partial charge on any atom is 0.143 e. The number of halogens is 1. The van der Waals surface area contributed by atoms with Crippen LogP contribution in [-0.2, 0) is 0 Å². The van der Waals surface area contributed by atoms with Crippen LogP contribution in [0.15, 0.2) is 16.7 Å². The van der Waals surface area contributed by atoms with Gasteiger partial charge in [0.15, 0.2) is 0 Å². The molecule has 0 atom stereocenters. The van der Waals surface area contributed by atoms with E-state index in [0.29, 0.717) is 5.92 Å². The lowest BCUT2D eigenvalue weighted by Gasteiger charge is -2.25. The van der Waals surface area contributed by atoms with E-state index in [9.17, 15) is 0 Å². The number of hydrogen-bond donors (Lipinski definition) is 0. The third-order valence-electron chi connectivity index (χ3n) is 2.33. The van der Waals surface area contributed by atoms with Gasteiger partial charge in [-0.2, -0.15) is 0 Å². The molecule has 0 aliphatic carbocycles. The van der Waals surface area contributed by atoms with Crippen LogP contribution in [0.25, 0.3) is 0 Å². The molecule has 0 bridgehead atoms. The van der Waals surface area contributed by atoms with E-state index in [2.05, 4.69) is 53.5 Å². The van der Waals surface area contributed by atoms with Gasteiger partial charge in [-0.15, -0.1) is 0 Å². The number of hydrogen-bond acceptors (Lipinski definition) is 2. The zero-order chi connectivity index (χ0) is 11.4. The molecule has 0 N–H and O–H groups in total. The van der Waals surface area contributed by atoms with Gasteiger partial charge in [-0.3, -0.25) is 0 Å². The van der Waals surface area contributed by atoms with Crippen molar-refractivity contribution >= 4 is 21.7 Å². The molecule has 0 aliphatic rings. The van der Waals surface area contributed by atoms with Crippen LogP contribution in [0.2, 0.25) is 0 Å². The van der Waals surface area contributed by atoms with E-state index >= 15 is 0 Å². The fourth-order valence-electron chi connectivity index (χ4n) is 1.55. The highest BCUT2D eigenvalue weighted by Gasteiger charge is 2.12. The number of aromatic nitrogens is 1. The van der Waals surface area contributed by atoms with Crippen LogP contribution >= 0.6 is 15.9 Å². The maximum absolute atomic E-state index is 4.44. The van der Waals surface area contributed by atoms with Crippen molar-refractivity contribution in [3.05, 3.63) is 22.3 Å². The van der Waals surface area contributed by atoms with Gasteiger partial charge in [0, 0.05) is 19.3 Å². The molecule has 0 unspecified atom stereocenters. The monoisotopic (exact) mass is 270 g/mol. The van der Waals surface area contributed by atoms with E-state index in [4.69, 9.17) is 0 Å². The van der Waals surface area contributed by atoms with Crippen molar-refractivity contribution in [3.8, 4) is 0 Å². The van der Waals surface area contributed by atoms with Crippen LogP contribution in [0.5, 0.6) is 0 Å². The van der Waals surface area contributed by atoms with Crippen LogP contribution in [0.1, 0.15) is 26.3 Å². The van der Waals surface area contributed by atoms with E-state index in [1.807, 2.05) is 12.3 Å². The Bertz CT molecular complexity index is 323. The molecule has 1 rings (SSSR count). The summed E-state index contributed by atoms with van der Waals surface area (Å²) in [7, 11) is 0. The van der Waals surface area contributed by atoms with E-state index in [0.717, 1.165) is 23.4 Å². The Labute approximate surface area is 101 Å². The third kappa shape index (κ3) is 3.20. The molecular formula is C12H19BrN2. The molecule has 15 heavy (non-hydrogen) atoms. The number of anilines is 1. The van der Waals surface area contributed by atoms with Gasteiger partial charge in [-0.05, 0) is 47.3 Å². The van der Waals surface area contributed by atoms with Crippen LogP contribution in [0.4, 0.5) is 5.82 Å². The number of rotatable bonds is 4. The van der Waals surface area contributed by atoms with Crippen LogP contribution in [-0.4, -0.2) is 18.1 Å². The molecule has 0 radical (unpaired) electrons. The summed E-state index contributed by atoms with van der Waals surface area (Å²) >= 11 is 3.61. The van der Waals surface area contributed by atoms with Gasteiger partial charge < -0.3 is 4.90 Å². The summed E-state index contributed by atoms with van der Waals surface area (Å²) in [6, 6.07) is 2.02. The highest BCUT2D eigenvalue weighted by atomic mass is 79.9. The molecule has 0 fully saturated rings. The summed E-state index contributed by atoms with van der Waals surface area (Å²) in [6.07, 6.45) is 1.87. The molecule has 2 nitrogen and oxygen atoms in total. The molecule has 1 aromatic heterocycles. The summed E-state index contributed by atoms with van der Waals surface area (Å²) in [6.45, 7) is 10.8. The largest absolute Gasteiger partial charge is 0.356 e. The van der Waals surface area contributed by atoms with Gasteiger partial charge in [-0.1, -0.05) is 13.8 Å². The average molecular weight is 271 g/mol. The first kappa shape index (κ1) is 12.5. The van der Waals surface area contributed by atoms with Crippen LogP contribution < -0.4 is 4.90 Å². The molecular weight excluding hydrogens is 252 g/mol. The molecule has 0 aromatic carbocycles. The first-order valence-corrected chi connectivity index (χ1v) is 6.21. The standard InChI is InChI=1S/C12H19BrN2/c1-5-15(8-9(2)3)12-11(13)10(4)6-7-14-12/h6-7,9H,5,8H2,1-4H3. The average Bonchev–Trinajstić information content (AvgIpc) is 2.19. The van der Waals surface area contributed by atoms with E-state index in [-0.39, 0.29) is 0 Å². The summed E-state index contributed by atoms with van der Waals surface area (Å²) in [5.41, 5.74) is 1.24. The Morgan fingerprint density at radius 1 is 1.47 bits per heavy atom. The van der Waals surface area contributed by atoms with Crippen molar-refractivity contribution in [2.45, 2.75) is 27.7 Å². The number of pyridine rings is 1. The van der Waals surface area contributed by atoms with E-state index < -0.39 is 0 Å². The zero-order valence-corrected chi connectivity index (χ0v) is 11.5. The quantitative estimate of drug-likeness (QED) is 0.831. The summed E-state index contributed by atoms with van der Waals surface area (Å²) < 4.78 is 1.12. The fraction of sp³-hybridized carbons (Fsp3) is 0.583. The van der Waals surface area contributed by atoms with Gasteiger partial charge >= 0.3 is 0 Å². The molecule has 0 saturated heterocycles. The minimum Gasteiger partial charge on any atom is -0.356 e. The van der Waals surface area contributed by atoms with Crippen LogP contribution in [0.3, 0.4) is 0 Å². The Balaban J connectivity index is 2.96. The van der Waals surface area contributed by atoms with Crippen molar-refractivity contribution in [1.29, 1.82) is 0 Å². The second-order valence-electron chi connectivity index (χ2n) is 4.20. The Hall–Kier alpha value is -0.570. The van der Waals surface area contributed by atoms with Crippen LogP contribution in [0, 0.1) is 12.8 Å². The smallest absolute Gasteiger partial charge is 0.143 e. The minimum absolute atomic E-state index is 0.652. The van der Waals surface area contributed by atoms with Crippen molar-refractivity contribution in [2.24, 2.45) is 5.92 Å². The molecule has 0 spiro atoms. The Kier molecular flexibility index (Phi) is 4.58. The highest BCUT2D eigenvalue weighted by Crippen LogP contribution is 2.27. The third-order valence-corrected chi connectivity index (χ3v) is 3.31. The predicted octanol–water partition coefficient (Wildman–Crippen LogP) is 3.63. The Morgan fingerprint density at radius 2 is 2.13 bits per heavy atom. The van der Waals surface area contributed by atoms with Gasteiger partial charge in [0.2, 0.25) is 0 Å². The fourth-order valence-corrected chi connectivity index (χ4v) is 2.04. The number of aryl methyl sites for hydroxylation is 1. The topological polar surface area (TPSA) is 16.1 Å². The molecule has 1 heterocycles. The summed E-state index contributed by atoms with van der Waals surface area (Å²) in [5.74, 6) is 1.71. The lowest BCUT2D eigenvalue weighted by atomic mass is 10.2. The lowest BCUT2D eigenvalue weighted by Crippen LogP contribution is -2.28. The maximum atomic E-state index is 4.44. The molecule has 0 amide bonds. The molecule has 3 heteroatoms. The van der Waals surface area contributed by atoms with Gasteiger partial charge in [-0.25, -0.2) is 4.98 Å². The van der Waals surface area contributed by atoms with Crippen molar-refractivity contribution in [2.75, 3.05) is 18.0 Å². The predicted molar refractivity (Wildman–Crippen MR) is 69.4 cm³/mol. The molecule has 1 aromatic rings. The van der Waals surface area contributed by atoms with Gasteiger partial charge in [0.25, 0.3) is 0 Å². The second kappa shape index (κ2) is 5.50. The Morgan fingerprint density at radius 3 is 2.67 bits per heavy atom. The van der Waals surface area contributed by atoms with E-state index in [1.54, 1.807) is 0 Å². The van der Waals surface area contributed by atoms with Crippen molar-refractivity contribution < 1.29 is 0 Å². The first-order valence-electron chi connectivity index (χ1n) is 5.42. The van der Waals surface area contributed by atoms with Crippen molar-refractivity contribution in [3.63, 3.8) is 0 Å². The summed E-state index contributed by atoms with van der Waals surface area (Å²) in [5, 5.41) is 0.